The van der Waals surface area contributed by atoms with Crippen molar-refractivity contribution in [2.24, 2.45) is 0 Å². The van der Waals surface area contributed by atoms with Crippen molar-refractivity contribution in [1.29, 1.82) is 0 Å². The summed E-state index contributed by atoms with van der Waals surface area (Å²) in [6, 6.07) is 0. The second-order valence-electron chi connectivity index (χ2n) is 1.60. The monoisotopic (exact) mass is 135 g/mol. The second-order valence-corrected chi connectivity index (χ2v) is 1.60. The molecular weight excluding hydrogens is 122 g/mol. The third kappa shape index (κ3) is 7.84. The van der Waals surface area contributed by atoms with Gasteiger partial charge < -0.3 is 5.32 Å². The molecule has 0 aromatic rings. The lowest BCUT2D eigenvalue weighted by molar-refractivity contribution is -0.490. The highest BCUT2D eigenvalue weighted by Gasteiger charge is 1.85. The van der Waals surface area contributed by atoms with Crippen LogP contribution in [0, 0.1) is 0 Å². The SMILES string of the molecule is CCNCCCOOO. The van der Waals surface area contributed by atoms with Crippen LogP contribution in [0.2, 0.25) is 0 Å². The Balaban J connectivity index is 2.60. The molecule has 0 rings (SSSR count). The van der Waals surface area contributed by atoms with E-state index >= 15 is 0 Å². The third-order valence-electron chi connectivity index (χ3n) is 0.884. The lowest BCUT2D eigenvalue weighted by Crippen LogP contribution is -2.15. The largest absolute Gasteiger partial charge is 0.317 e. The van der Waals surface area contributed by atoms with Gasteiger partial charge in [-0.3, -0.25) is 0 Å². The summed E-state index contributed by atoms with van der Waals surface area (Å²) in [5.74, 6) is 0. The molecule has 0 spiro atoms. The topological polar surface area (TPSA) is 50.7 Å². The van der Waals surface area contributed by atoms with Crippen LogP contribution in [0.4, 0.5) is 0 Å². The minimum absolute atomic E-state index is 0.420. The van der Waals surface area contributed by atoms with Gasteiger partial charge in [0, 0.05) is 0 Å². The van der Waals surface area contributed by atoms with Gasteiger partial charge in [0.15, 0.2) is 0 Å². The van der Waals surface area contributed by atoms with Crippen molar-refractivity contribution in [3.05, 3.63) is 0 Å². The van der Waals surface area contributed by atoms with Gasteiger partial charge in [0.1, 0.15) is 0 Å². The summed E-state index contributed by atoms with van der Waals surface area (Å²) in [6.45, 7) is 4.30. The number of hydrogen-bond acceptors (Lipinski definition) is 4. The van der Waals surface area contributed by atoms with Crippen LogP contribution in [-0.2, 0) is 9.93 Å². The molecule has 9 heavy (non-hydrogen) atoms. The fourth-order valence-electron chi connectivity index (χ4n) is 0.470. The predicted molar refractivity (Wildman–Crippen MR) is 32.8 cm³/mol. The molecule has 0 aliphatic carbocycles. The van der Waals surface area contributed by atoms with E-state index in [1.807, 2.05) is 6.92 Å². The molecule has 0 aliphatic heterocycles. The van der Waals surface area contributed by atoms with E-state index in [4.69, 9.17) is 5.26 Å². The maximum Gasteiger partial charge on any atom is 0.0865 e. The molecule has 0 amide bonds. The molecule has 0 bridgehead atoms. The van der Waals surface area contributed by atoms with E-state index in [9.17, 15) is 0 Å². The van der Waals surface area contributed by atoms with E-state index in [1.165, 1.54) is 0 Å². The number of hydrogen-bond donors (Lipinski definition) is 2. The van der Waals surface area contributed by atoms with Gasteiger partial charge in [-0.15, -0.1) is 0 Å². The van der Waals surface area contributed by atoms with E-state index in [1.54, 1.807) is 0 Å². The van der Waals surface area contributed by atoms with Crippen molar-refractivity contribution >= 4 is 0 Å². The Labute approximate surface area is 54.6 Å². The molecule has 0 aromatic heterocycles. The van der Waals surface area contributed by atoms with Gasteiger partial charge in [-0.1, -0.05) is 12.0 Å². The molecule has 0 saturated heterocycles. The van der Waals surface area contributed by atoms with Crippen LogP contribution in [0.15, 0.2) is 0 Å². The fourth-order valence-corrected chi connectivity index (χ4v) is 0.470. The van der Waals surface area contributed by atoms with Crippen LogP contribution in [0.1, 0.15) is 13.3 Å². The predicted octanol–water partition coefficient (Wildman–Crippen LogP) is 0.407. The Morgan fingerprint density at radius 3 is 2.89 bits per heavy atom. The van der Waals surface area contributed by atoms with Crippen LogP contribution in [0.25, 0.3) is 0 Å². The highest BCUT2D eigenvalue weighted by Crippen LogP contribution is 1.78. The van der Waals surface area contributed by atoms with Crippen molar-refractivity contribution in [3.8, 4) is 0 Å². The molecule has 0 aliphatic rings. The minimum Gasteiger partial charge on any atom is -0.317 e. The maximum absolute atomic E-state index is 7.68. The lowest BCUT2D eigenvalue weighted by Gasteiger charge is -1.98. The van der Waals surface area contributed by atoms with Crippen molar-refractivity contribution < 1.29 is 15.2 Å². The number of rotatable bonds is 6. The molecule has 0 heterocycles. The summed E-state index contributed by atoms with van der Waals surface area (Å²) in [5.41, 5.74) is 0. The van der Waals surface area contributed by atoms with Crippen molar-refractivity contribution in [1.82, 2.24) is 5.32 Å². The number of nitrogens with one attached hydrogen (secondary N) is 1. The summed E-state index contributed by atoms with van der Waals surface area (Å²) in [5, 5.41) is 14.2. The molecule has 0 unspecified atom stereocenters. The maximum atomic E-state index is 7.68. The van der Waals surface area contributed by atoms with Gasteiger partial charge in [0.05, 0.1) is 6.61 Å². The van der Waals surface area contributed by atoms with Gasteiger partial charge in [0.2, 0.25) is 0 Å². The average molecular weight is 135 g/mol. The molecule has 0 aromatic carbocycles. The van der Waals surface area contributed by atoms with Crippen LogP contribution < -0.4 is 5.32 Å². The summed E-state index contributed by atoms with van der Waals surface area (Å²) in [6.07, 6.45) is 0.842. The van der Waals surface area contributed by atoms with Crippen LogP contribution in [-0.4, -0.2) is 25.0 Å². The zero-order chi connectivity index (χ0) is 6.95. The Morgan fingerprint density at radius 1 is 1.56 bits per heavy atom. The molecule has 0 radical (unpaired) electrons. The van der Waals surface area contributed by atoms with Gasteiger partial charge in [-0.25, -0.2) is 10.1 Å². The average Bonchev–Trinajstić information content (AvgIpc) is 1.89. The smallest absolute Gasteiger partial charge is 0.0865 e. The van der Waals surface area contributed by atoms with E-state index in [0.717, 1.165) is 19.5 Å². The van der Waals surface area contributed by atoms with E-state index in [2.05, 4.69) is 15.2 Å². The van der Waals surface area contributed by atoms with Crippen LogP contribution >= 0.6 is 0 Å². The second kappa shape index (κ2) is 7.84. The Kier molecular flexibility index (Phi) is 7.70. The van der Waals surface area contributed by atoms with Gasteiger partial charge in [0.25, 0.3) is 0 Å². The van der Waals surface area contributed by atoms with Gasteiger partial charge in [-0.2, -0.15) is 0 Å². The molecule has 0 atom stereocenters. The zero-order valence-electron chi connectivity index (χ0n) is 5.59. The van der Waals surface area contributed by atoms with Crippen LogP contribution in [0.5, 0.6) is 0 Å². The van der Waals surface area contributed by atoms with Gasteiger partial charge >= 0.3 is 0 Å². The standard InChI is InChI=1S/C5H13NO3/c1-2-6-4-3-5-8-9-7/h6-7H,2-5H2,1H3. The van der Waals surface area contributed by atoms with Crippen LogP contribution in [0.3, 0.4) is 0 Å². The van der Waals surface area contributed by atoms with E-state index < -0.39 is 0 Å². The molecule has 0 saturated carbocycles. The Morgan fingerprint density at radius 2 is 2.33 bits per heavy atom. The fraction of sp³-hybridized carbons (Fsp3) is 1.00. The highest BCUT2D eigenvalue weighted by molar-refractivity contribution is 4.40. The summed E-state index contributed by atoms with van der Waals surface area (Å²) >= 11 is 0. The molecule has 4 heteroatoms. The summed E-state index contributed by atoms with van der Waals surface area (Å²) < 4.78 is 0. The van der Waals surface area contributed by atoms with Crippen molar-refractivity contribution in [2.75, 3.05) is 19.7 Å². The third-order valence-corrected chi connectivity index (χ3v) is 0.884. The highest BCUT2D eigenvalue weighted by atomic mass is 17.5. The van der Waals surface area contributed by atoms with E-state index in [0.29, 0.717) is 6.61 Å². The Bertz CT molecular complexity index is 45.5. The first kappa shape index (κ1) is 8.84. The summed E-state index contributed by atoms with van der Waals surface area (Å²) in [7, 11) is 0. The molecule has 2 N–H and O–H groups in total. The first-order valence-electron chi connectivity index (χ1n) is 3.05. The molecule has 0 fully saturated rings. The quantitative estimate of drug-likeness (QED) is 0.314. The van der Waals surface area contributed by atoms with Crippen molar-refractivity contribution in [3.63, 3.8) is 0 Å². The Hall–Kier alpha value is -0.160. The van der Waals surface area contributed by atoms with Gasteiger partial charge in [-0.05, 0) is 19.5 Å². The molecular formula is C5H13NO3. The summed E-state index contributed by atoms with van der Waals surface area (Å²) in [4.78, 5) is 4.20. The normalized spacial score (nSPS) is 10.0. The zero-order valence-corrected chi connectivity index (χ0v) is 5.59. The molecule has 4 nitrogen and oxygen atoms in total. The minimum atomic E-state index is 0.420. The lowest BCUT2D eigenvalue weighted by atomic mass is 10.4. The molecule has 56 valence electrons. The van der Waals surface area contributed by atoms with Crippen molar-refractivity contribution in [2.45, 2.75) is 13.3 Å². The van der Waals surface area contributed by atoms with E-state index in [-0.39, 0.29) is 0 Å². The first-order valence-corrected chi connectivity index (χ1v) is 3.05. The first-order chi connectivity index (χ1) is 4.41.